The average Bonchev–Trinajstić information content (AvgIpc) is 2.60. The normalized spacial score (nSPS) is 14.6. The minimum Gasteiger partial charge on any atom is -0.495 e. The van der Waals surface area contributed by atoms with Crippen molar-refractivity contribution in [3.05, 3.63) is 47.0 Å². The first-order valence-corrected chi connectivity index (χ1v) is 11.8. The van der Waals surface area contributed by atoms with E-state index in [4.69, 9.17) is 16.3 Å². The van der Waals surface area contributed by atoms with E-state index >= 15 is 0 Å². The Balaban J connectivity index is 1.95. The number of sulfonamides is 2. The molecule has 0 fully saturated rings. The van der Waals surface area contributed by atoms with Crippen molar-refractivity contribution >= 4 is 43.0 Å². The third-order valence-electron chi connectivity index (χ3n) is 4.25. The second kappa shape index (κ2) is 7.21. The first-order chi connectivity index (χ1) is 12.6. The zero-order chi connectivity index (χ0) is 19.8. The van der Waals surface area contributed by atoms with Gasteiger partial charge in [0.1, 0.15) is 5.75 Å². The lowest BCUT2D eigenvalue weighted by Gasteiger charge is -2.29. The van der Waals surface area contributed by atoms with Gasteiger partial charge in [-0.1, -0.05) is 17.7 Å². The van der Waals surface area contributed by atoms with Crippen molar-refractivity contribution in [3.63, 3.8) is 0 Å². The molecule has 1 aliphatic rings. The van der Waals surface area contributed by atoms with Crippen molar-refractivity contribution in [2.24, 2.45) is 0 Å². The van der Waals surface area contributed by atoms with Crippen molar-refractivity contribution in [1.29, 1.82) is 0 Å². The Kier molecular flexibility index (Phi) is 5.29. The molecule has 0 atom stereocenters. The summed E-state index contributed by atoms with van der Waals surface area (Å²) in [6, 6.07) is 9.05. The summed E-state index contributed by atoms with van der Waals surface area (Å²) in [6.07, 6.45) is 2.59. The fourth-order valence-corrected chi connectivity index (χ4v) is 5.36. The van der Waals surface area contributed by atoms with E-state index in [0.29, 0.717) is 18.0 Å². The number of anilines is 2. The van der Waals surface area contributed by atoms with Gasteiger partial charge in [-0.15, -0.1) is 0 Å². The number of methoxy groups -OCH3 is 1. The van der Waals surface area contributed by atoms with Crippen LogP contribution in [0.1, 0.15) is 12.0 Å². The van der Waals surface area contributed by atoms with E-state index in [2.05, 4.69) is 4.72 Å². The van der Waals surface area contributed by atoms with Crippen LogP contribution >= 0.6 is 11.6 Å². The van der Waals surface area contributed by atoms with E-state index in [0.717, 1.165) is 24.7 Å². The van der Waals surface area contributed by atoms with Crippen molar-refractivity contribution in [3.8, 4) is 5.75 Å². The Morgan fingerprint density at radius 2 is 1.85 bits per heavy atom. The highest BCUT2D eigenvalue weighted by atomic mass is 35.5. The van der Waals surface area contributed by atoms with Gasteiger partial charge in [0.15, 0.2) is 0 Å². The van der Waals surface area contributed by atoms with Crippen molar-refractivity contribution in [2.75, 3.05) is 28.9 Å². The summed E-state index contributed by atoms with van der Waals surface area (Å²) in [7, 11) is -5.90. The largest absolute Gasteiger partial charge is 0.495 e. The molecule has 3 rings (SSSR count). The van der Waals surface area contributed by atoms with Gasteiger partial charge in [-0.25, -0.2) is 16.8 Å². The monoisotopic (exact) mass is 430 g/mol. The van der Waals surface area contributed by atoms with Crippen molar-refractivity contribution < 1.29 is 21.6 Å². The van der Waals surface area contributed by atoms with E-state index in [-0.39, 0.29) is 15.6 Å². The lowest BCUT2D eigenvalue weighted by Crippen LogP contribution is -2.34. The Labute approximate surface area is 164 Å². The number of benzene rings is 2. The van der Waals surface area contributed by atoms with Crippen LogP contribution in [0.3, 0.4) is 0 Å². The molecule has 0 aliphatic carbocycles. The summed E-state index contributed by atoms with van der Waals surface area (Å²) >= 11 is 6.01. The van der Waals surface area contributed by atoms with Gasteiger partial charge in [0.25, 0.3) is 10.0 Å². The number of nitrogens with one attached hydrogen (secondary N) is 1. The quantitative estimate of drug-likeness (QED) is 0.787. The maximum absolute atomic E-state index is 12.7. The van der Waals surface area contributed by atoms with E-state index in [1.54, 1.807) is 12.1 Å². The number of aryl methyl sites for hydroxylation is 1. The number of halogens is 1. The molecule has 10 heteroatoms. The molecule has 0 bridgehead atoms. The SMILES string of the molecule is COc1ccc(S(=O)(=O)Nc2ccc3c(c2)N(S(C)(=O)=O)CCC3)cc1Cl. The van der Waals surface area contributed by atoms with Gasteiger partial charge in [0.05, 0.1) is 34.7 Å². The first kappa shape index (κ1) is 19.8. The third-order valence-corrected chi connectivity index (χ3v) is 7.10. The number of fused-ring (bicyclic) bond motifs is 1. The van der Waals surface area contributed by atoms with Gasteiger partial charge >= 0.3 is 0 Å². The van der Waals surface area contributed by atoms with Crippen LogP contribution in [-0.2, 0) is 26.5 Å². The molecule has 0 saturated carbocycles. The molecular formula is C17H19ClN2O5S2. The maximum atomic E-state index is 12.7. The van der Waals surface area contributed by atoms with Gasteiger partial charge < -0.3 is 4.74 Å². The maximum Gasteiger partial charge on any atom is 0.261 e. The van der Waals surface area contributed by atoms with E-state index in [1.807, 2.05) is 0 Å². The van der Waals surface area contributed by atoms with Crippen molar-refractivity contribution in [2.45, 2.75) is 17.7 Å². The third kappa shape index (κ3) is 4.15. The number of hydrogen-bond donors (Lipinski definition) is 1. The van der Waals surface area contributed by atoms with Crippen LogP contribution in [0.15, 0.2) is 41.3 Å². The Bertz CT molecular complexity index is 1080. The summed E-state index contributed by atoms with van der Waals surface area (Å²) in [5, 5.41) is 0.175. The molecular weight excluding hydrogens is 412 g/mol. The predicted octanol–water partition coefficient (Wildman–Crippen LogP) is 2.86. The summed E-state index contributed by atoms with van der Waals surface area (Å²) < 4.78 is 58.2. The van der Waals surface area contributed by atoms with Crippen molar-refractivity contribution in [1.82, 2.24) is 0 Å². The van der Waals surface area contributed by atoms with Gasteiger partial charge in [-0.05, 0) is 48.7 Å². The zero-order valence-corrected chi connectivity index (χ0v) is 17.2. The molecule has 0 unspecified atom stereocenters. The van der Waals surface area contributed by atoms with Crippen LogP contribution in [-0.4, -0.2) is 36.7 Å². The Hall–Kier alpha value is -1.97. The zero-order valence-electron chi connectivity index (χ0n) is 14.8. The molecule has 2 aromatic carbocycles. The second-order valence-corrected chi connectivity index (χ2v) is 10.2. The average molecular weight is 431 g/mol. The van der Waals surface area contributed by atoms with Gasteiger partial charge in [-0.3, -0.25) is 9.03 Å². The molecule has 0 saturated heterocycles. The topological polar surface area (TPSA) is 92.8 Å². The van der Waals surface area contributed by atoms with Crippen LogP contribution in [0.5, 0.6) is 5.75 Å². The molecule has 0 aromatic heterocycles. The number of nitrogens with zero attached hydrogens (tertiary/aromatic N) is 1. The lowest BCUT2D eigenvalue weighted by atomic mass is 10.0. The molecule has 1 N–H and O–H groups in total. The summed E-state index contributed by atoms with van der Waals surface area (Å²) in [5.74, 6) is 0.369. The molecule has 7 nitrogen and oxygen atoms in total. The van der Waals surface area contributed by atoms with Crippen LogP contribution in [0, 0.1) is 0 Å². The molecule has 1 heterocycles. The number of hydrogen-bond acceptors (Lipinski definition) is 5. The standard InChI is InChI=1S/C17H19ClN2O5S2/c1-25-17-8-7-14(11-15(17)18)27(23,24)19-13-6-5-12-4-3-9-20(16(12)10-13)26(2,21)22/h5-8,10-11,19H,3-4,9H2,1-2H3. The van der Waals surface area contributed by atoms with Gasteiger partial charge in [0, 0.05) is 6.54 Å². The van der Waals surface area contributed by atoms with Crippen LogP contribution in [0.2, 0.25) is 5.02 Å². The molecule has 0 amide bonds. The highest BCUT2D eigenvalue weighted by molar-refractivity contribution is 7.92. The highest BCUT2D eigenvalue weighted by Gasteiger charge is 2.25. The molecule has 2 aromatic rings. The smallest absolute Gasteiger partial charge is 0.261 e. The minimum atomic E-state index is -3.90. The molecule has 0 radical (unpaired) electrons. The first-order valence-electron chi connectivity index (χ1n) is 8.09. The highest BCUT2D eigenvalue weighted by Crippen LogP contribution is 2.33. The molecule has 0 spiro atoms. The Morgan fingerprint density at radius 3 is 2.48 bits per heavy atom. The Morgan fingerprint density at radius 1 is 1.11 bits per heavy atom. The van der Waals surface area contributed by atoms with Crippen LogP contribution in [0.25, 0.3) is 0 Å². The van der Waals surface area contributed by atoms with Crippen LogP contribution in [0.4, 0.5) is 11.4 Å². The minimum absolute atomic E-state index is 0.0222. The molecule has 1 aliphatic heterocycles. The fraction of sp³-hybridized carbons (Fsp3) is 0.294. The predicted molar refractivity (Wildman–Crippen MR) is 106 cm³/mol. The number of ether oxygens (including phenoxy) is 1. The number of rotatable bonds is 5. The van der Waals surface area contributed by atoms with E-state index < -0.39 is 20.0 Å². The lowest BCUT2D eigenvalue weighted by molar-refractivity contribution is 0.414. The van der Waals surface area contributed by atoms with Gasteiger partial charge in [0.2, 0.25) is 10.0 Å². The molecule has 27 heavy (non-hydrogen) atoms. The van der Waals surface area contributed by atoms with E-state index in [1.165, 1.54) is 35.7 Å². The molecule has 146 valence electrons. The second-order valence-electron chi connectivity index (χ2n) is 6.18. The van der Waals surface area contributed by atoms with E-state index in [9.17, 15) is 16.8 Å². The summed E-state index contributed by atoms with van der Waals surface area (Å²) in [4.78, 5) is -0.0222. The van der Waals surface area contributed by atoms with Crippen LogP contribution < -0.4 is 13.8 Å². The summed E-state index contributed by atoms with van der Waals surface area (Å²) in [5.41, 5.74) is 1.63. The van der Waals surface area contributed by atoms with Gasteiger partial charge in [-0.2, -0.15) is 0 Å². The summed E-state index contributed by atoms with van der Waals surface area (Å²) in [6.45, 7) is 0.371. The fourth-order valence-electron chi connectivity index (χ4n) is 2.98.